The Morgan fingerprint density at radius 1 is 0.455 bits per heavy atom. The van der Waals surface area contributed by atoms with Crippen molar-refractivity contribution in [2.45, 2.75) is 24.9 Å². The molecule has 1 aliphatic rings. The van der Waals surface area contributed by atoms with Crippen molar-refractivity contribution in [3.8, 4) is 22.3 Å². The Hall–Kier alpha value is -4.28. The number of hydrogen-bond donors (Lipinski definition) is 0. The van der Waals surface area contributed by atoms with Crippen molar-refractivity contribution in [2.75, 3.05) is 6.61 Å². The number of ether oxygens (including phenoxy) is 1. The van der Waals surface area contributed by atoms with E-state index in [2.05, 4.69) is 132 Å². The fraction of sp³-hybridized carbons (Fsp3) is 0.122. The minimum Gasteiger partial charge on any atom is -0.373 e. The molecule has 1 saturated heterocycles. The maximum absolute atomic E-state index is 7.01. The van der Waals surface area contributed by atoms with E-state index in [0.29, 0.717) is 12.5 Å². The standard InChI is InChI=1S/C41H30OS2/c1-3-9-29-26(7-1)15-18-35(31-11-5-13-38-33(31)21-23-43-38)40(29)28-17-20-37(42-25-28)41-30-10-4-2-8-27(30)16-19-36(41)32-12-6-14-39-34(32)22-24-44-39/h1-16,18-19,21-24,28,37H,17,20,25H2. The van der Waals surface area contributed by atoms with Crippen LogP contribution in [-0.2, 0) is 4.74 Å². The van der Waals surface area contributed by atoms with E-state index in [1.165, 1.54) is 75.1 Å². The first-order chi connectivity index (χ1) is 21.8. The van der Waals surface area contributed by atoms with E-state index in [1.807, 2.05) is 22.7 Å². The minimum absolute atomic E-state index is 0.0416. The van der Waals surface area contributed by atoms with Crippen molar-refractivity contribution in [3.63, 3.8) is 0 Å². The Labute approximate surface area is 265 Å². The molecule has 0 aliphatic carbocycles. The summed E-state index contributed by atoms with van der Waals surface area (Å²) in [5.41, 5.74) is 8.03. The van der Waals surface area contributed by atoms with Crippen molar-refractivity contribution in [1.82, 2.24) is 0 Å². The molecule has 9 rings (SSSR count). The zero-order valence-corrected chi connectivity index (χ0v) is 25.8. The van der Waals surface area contributed by atoms with E-state index in [9.17, 15) is 0 Å². The summed E-state index contributed by atoms with van der Waals surface area (Å²) in [5.74, 6) is 0.319. The summed E-state index contributed by atoms with van der Waals surface area (Å²) in [7, 11) is 0. The van der Waals surface area contributed by atoms with Gasteiger partial charge in [-0.2, -0.15) is 0 Å². The zero-order chi connectivity index (χ0) is 29.0. The van der Waals surface area contributed by atoms with Crippen molar-refractivity contribution < 1.29 is 4.74 Å². The SMILES string of the molecule is c1ccc2c(C3CCC(c4c(-c5cccc6sccc56)ccc5ccccc45)OC3)c(-c3cccc4sccc34)ccc2c1. The van der Waals surface area contributed by atoms with Crippen LogP contribution in [0.3, 0.4) is 0 Å². The maximum Gasteiger partial charge on any atom is 0.0837 e. The maximum atomic E-state index is 7.01. The van der Waals surface area contributed by atoms with Crippen molar-refractivity contribution in [2.24, 2.45) is 0 Å². The van der Waals surface area contributed by atoms with E-state index in [0.717, 1.165) is 12.8 Å². The molecule has 3 heterocycles. The summed E-state index contributed by atoms with van der Waals surface area (Å²) in [6.45, 7) is 0.705. The van der Waals surface area contributed by atoms with Crippen LogP contribution in [0.5, 0.6) is 0 Å². The first kappa shape index (κ1) is 26.2. The molecule has 0 spiro atoms. The van der Waals surface area contributed by atoms with E-state index in [-0.39, 0.29) is 6.10 Å². The van der Waals surface area contributed by atoms with Crippen molar-refractivity contribution in [1.29, 1.82) is 0 Å². The molecule has 0 amide bonds. The minimum atomic E-state index is 0.0416. The van der Waals surface area contributed by atoms with Gasteiger partial charge in [0.25, 0.3) is 0 Å². The monoisotopic (exact) mass is 602 g/mol. The molecule has 3 heteroatoms. The molecule has 0 saturated carbocycles. The molecule has 212 valence electrons. The summed E-state index contributed by atoms with van der Waals surface area (Å²) in [6.07, 6.45) is 2.10. The van der Waals surface area contributed by atoms with Crippen LogP contribution in [0.1, 0.15) is 36.0 Å². The fourth-order valence-corrected chi connectivity index (χ4v) is 9.14. The molecule has 8 aromatic rings. The third kappa shape index (κ3) is 4.22. The van der Waals surface area contributed by atoms with Gasteiger partial charge in [-0.1, -0.05) is 97.1 Å². The lowest BCUT2D eigenvalue weighted by Crippen LogP contribution is -2.21. The van der Waals surface area contributed by atoms with Gasteiger partial charge >= 0.3 is 0 Å². The number of hydrogen-bond acceptors (Lipinski definition) is 3. The largest absolute Gasteiger partial charge is 0.373 e. The van der Waals surface area contributed by atoms with Crippen LogP contribution in [0.2, 0.25) is 0 Å². The predicted octanol–water partition coefficient (Wildman–Crippen LogP) is 12.4. The van der Waals surface area contributed by atoms with E-state index in [1.54, 1.807) is 0 Å². The van der Waals surface area contributed by atoms with Crippen LogP contribution in [0.15, 0.2) is 132 Å². The highest BCUT2D eigenvalue weighted by molar-refractivity contribution is 7.17. The highest BCUT2D eigenvalue weighted by Crippen LogP contribution is 2.47. The quantitative estimate of drug-likeness (QED) is 0.195. The predicted molar refractivity (Wildman–Crippen MR) is 190 cm³/mol. The summed E-state index contributed by atoms with van der Waals surface area (Å²) in [5, 5.41) is 12.3. The molecule has 44 heavy (non-hydrogen) atoms. The van der Waals surface area contributed by atoms with Gasteiger partial charge in [-0.05, 0) is 103 Å². The molecule has 6 aromatic carbocycles. The van der Waals surface area contributed by atoms with Gasteiger partial charge in [0.05, 0.1) is 12.7 Å². The van der Waals surface area contributed by atoms with Crippen LogP contribution >= 0.6 is 22.7 Å². The lowest BCUT2D eigenvalue weighted by Gasteiger charge is -2.33. The Kier molecular flexibility index (Phi) is 6.37. The molecule has 1 aliphatic heterocycles. The van der Waals surface area contributed by atoms with Crippen LogP contribution in [0, 0.1) is 0 Å². The number of benzene rings is 6. The van der Waals surface area contributed by atoms with Gasteiger partial charge in [-0.15, -0.1) is 22.7 Å². The van der Waals surface area contributed by atoms with Gasteiger partial charge in [0, 0.05) is 26.1 Å². The lowest BCUT2D eigenvalue weighted by molar-refractivity contribution is 0.00391. The third-order valence-corrected chi connectivity index (χ3v) is 11.3. The van der Waals surface area contributed by atoms with Gasteiger partial charge in [-0.3, -0.25) is 0 Å². The van der Waals surface area contributed by atoms with Crippen LogP contribution in [-0.4, -0.2) is 6.61 Å². The molecule has 0 bridgehead atoms. The molecule has 2 atom stereocenters. The van der Waals surface area contributed by atoms with Gasteiger partial charge in [0.1, 0.15) is 0 Å². The van der Waals surface area contributed by atoms with Gasteiger partial charge < -0.3 is 4.74 Å². The first-order valence-corrected chi connectivity index (χ1v) is 17.2. The van der Waals surface area contributed by atoms with Crippen molar-refractivity contribution in [3.05, 3.63) is 143 Å². The highest BCUT2D eigenvalue weighted by Gasteiger charge is 2.30. The topological polar surface area (TPSA) is 9.23 Å². The Morgan fingerprint density at radius 2 is 1.02 bits per heavy atom. The number of thiophene rings is 2. The summed E-state index contributed by atoms with van der Waals surface area (Å²) < 4.78 is 9.68. The highest BCUT2D eigenvalue weighted by atomic mass is 32.1. The normalized spacial score (nSPS) is 17.2. The van der Waals surface area contributed by atoms with Crippen LogP contribution in [0.4, 0.5) is 0 Å². The average Bonchev–Trinajstić information content (AvgIpc) is 3.78. The second-order valence-electron chi connectivity index (χ2n) is 11.9. The first-order valence-electron chi connectivity index (χ1n) is 15.4. The second kappa shape index (κ2) is 10.7. The van der Waals surface area contributed by atoms with Crippen LogP contribution in [0.25, 0.3) is 64.0 Å². The Balaban J connectivity index is 1.15. The van der Waals surface area contributed by atoms with Gasteiger partial charge in [-0.25, -0.2) is 0 Å². The molecule has 1 nitrogen and oxygen atoms in total. The third-order valence-electron chi connectivity index (χ3n) is 9.52. The summed E-state index contributed by atoms with van der Waals surface area (Å²) in [6, 6.07) is 44.9. The van der Waals surface area contributed by atoms with Gasteiger partial charge in [0.15, 0.2) is 0 Å². The molecule has 2 unspecified atom stereocenters. The second-order valence-corrected chi connectivity index (χ2v) is 13.8. The lowest BCUT2D eigenvalue weighted by atomic mass is 9.80. The summed E-state index contributed by atoms with van der Waals surface area (Å²) >= 11 is 3.63. The van der Waals surface area contributed by atoms with E-state index >= 15 is 0 Å². The fourth-order valence-electron chi connectivity index (χ4n) is 7.51. The number of rotatable bonds is 4. The van der Waals surface area contributed by atoms with Crippen LogP contribution < -0.4 is 0 Å². The molecule has 1 fully saturated rings. The molecule has 0 radical (unpaired) electrons. The number of fused-ring (bicyclic) bond motifs is 4. The Morgan fingerprint density at radius 3 is 1.61 bits per heavy atom. The average molecular weight is 603 g/mol. The molecular weight excluding hydrogens is 573 g/mol. The molecule has 2 aromatic heterocycles. The van der Waals surface area contributed by atoms with Gasteiger partial charge in [0.2, 0.25) is 0 Å². The molecular formula is C41H30OS2. The Bertz CT molecular complexity index is 2150. The van der Waals surface area contributed by atoms with E-state index < -0.39 is 0 Å². The van der Waals surface area contributed by atoms with E-state index in [4.69, 9.17) is 4.74 Å². The smallest absolute Gasteiger partial charge is 0.0837 e. The molecule has 0 N–H and O–H groups in total. The summed E-state index contributed by atoms with van der Waals surface area (Å²) in [4.78, 5) is 0. The van der Waals surface area contributed by atoms with Crippen molar-refractivity contribution >= 4 is 64.4 Å². The zero-order valence-electron chi connectivity index (χ0n) is 24.2.